The van der Waals surface area contributed by atoms with Crippen LogP contribution in [-0.2, 0) is 4.84 Å². The lowest BCUT2D eigenvalue weighted by Gasteiger charge is -2.14. The van der Waals surface area contributed by atoms with Gasteiger partial charge in [-0.1, -0.05) is 6.07 Å². The van der Waals surface area contributed by atoms with Crippen LogP contribution in [0.5, 0.6) is 0 Å². The van der Waals surface area contributed by atoms with Crippen molar-refractivity contribution >= 4 is 28.2 Å². The van der Waals surface area contributed by atoms with Crippen LogP contribution >= 0.6 is 0 Å². The van der Waals surface area contributed by atoms with Crippen LogP contribution in [0.1, 0.15) is 34.9 Å². The summed E-state index contributed by atoms with van der Waals surface area (Å²) in [4.78, 5) is 22.3. The Morgan fingerprint density at radius 2 is 2.20 bits per heavy atom. The zero-order chi connectivity index (χ0) is 21.3. The number of carbonyl (C=O) groups is 1. The van der Waals surface area contributed by atoms with Crippen LogP contribution in [-0.4, -0.2) is 45.0 Å². The van der Waals surface area contributed by atoms with Crippen molar-refractivity contribution in [3.63, 3.8) is 0 Å². The molecule has 1 fully saturated rings. The number of nitrogens with one attached hydrogen (secondary N) is 2. The molecule has 1 unspecified atom stereocenters. The topological polar surface area (TPSA) is 109 Å². The van der Waals surface area contributed by atoms with E-state index in [9.17, 15) is 14.3 Å². The van der Waals surface area contributed by atoms with Gasteiger partial charge in [0.25, 0.3) is 5.91 Å². The van der Waals surface area contributed by atoms with Crippen molar-refractivity contribution in [3.05, 3.63) is 53.7 Å². The first-order valence-electron chi connectivity index (χ1n) is 9.71. The van der Waals surface area contributed by atoms with E-state index in [1.165, 1.54) is 6.07 Å². The Labute approximate surface area is 172 Å². The minimum absolute atomic E-state index is 0.150. The van der Waals surface area contributed by atoms with Crippen LogP contribution in [0.4, 0.5) is 15.8 Å². The summed E-state index contributed by atoms with van der Waals surface area (Å²) in [7, 11) is 0. The van der Waals surface area contributed by atoms with Gasteiger partial charge in [-0.2, -0.15) is 0 Å². The highest BCUT2D eigenvalue weighted by atomic mass is 19.1. The summed E-state index contributed by atoms with van der Waals surface area (Å²) in [6, 6.07) is 6.79. The fourth-order valence-electron chi connectivity index (χ4n) is 3.38. The minimum atomic E-state index is -1.11. The van der Waals surface area contributed by atoms with Crippen LogP contribution in [0.3, 0.4) is 0 Å². The third-order valence-corrected chi connectivity index (χ3v) is 4.97. The van der Waals surface area contributed by atoms with Crippen molar-refractivity contribution in [2.45, 2.75) is 31.9 Å². The van der Waals surface area contributed by atoms with E-state index in [-0.39, 0.29) is 18.3 Å². The molecular formula is C21H23FN4O4. The molecule has 8 nitrogen and oxygen atoms in total. The first kappa shape index (κ1) is 20.3. The number of aliphatic hydroxyl groups is 2. The van der Waals surface area contributed by atoms with Crippen LogP contribution in [0, 0.1) is 12.7 Å². The smallest absolute Gasteiger partial charge is 0.293 e. The average molecular weight is 414 g/mol. The highest BCUT2D eigenvalue weighted by Gasteiger charge is 2.33. The van der Waals surface area contributed by atoms with Gasteiger partial charge in [0.15, 0.2) is 0 Å². The number of hydrogen-bond donors (Lipinski definition) is 4. The van der Waals surface area contributed by atoms with Crippen LogP contribution in [0.25, 0.3) is 10.9 Å². The zero-order valence-electron chi connectivity index (χ0n) is 16.4. The average Bonchev–Trinajstić information content (AvgIpc) is 3.52. The number of aliphatic hydroxyl groups excluding tert-OH is 2. The van der Waals surface area contributed by atoms with E-state index in [4.69, 9.17) is 9.94 Å². The van der Waals surface area contributed by atoms with Crippen molar-refractivity contribution < 1.29 is 24.2 Å². The summed E-state index contributed by atoms with van der Waals surface area (Å²) in [6.45, 7) is 1.05. The predicted octanol–water partition coefficient (Wildman–Crippen LogP) is 2.58. The molecule has 1 aromatic carbocycles. The quantitative estimate of drug-likeness (QED) is 0.422. The van der Waals surface area contributed by atoms with Crippen LogP contribution in [0.15, 0.2) is 36.7 Å². The summed E-state index contributed by atoms with van der Waals surface area (Å²) in [5.41, 5.74) is 4.87. The monoisotopic (exact) mass is 414 g/mol. The number of fused-ring (bicyclic) bond motifs is 1. The molecule has 0 spiro atoms. The molecule has 1 aliphatic carbocycles. The number of amides is 1. The van der Waals surface area contributed by atoms with Crippen molar-refractivity contribution in [3.8, 4) is 0 Å². The summed E-state index contributed by atoms with van der Waals surface area (Å²) < 4.78 is 16.4. The number of halogens is 1. The molecule has 0 aliphatic heterocycles. The van der Waals surface area contributed by atoms with E-state index in [0.29, 0.717) is 16.8 Å². The minimum Gasteiger partial charge on any atom is -0.394 e. The van der Waals surface area contributed by atoms with Crippen molar-refractivity contribution in [1.82, 2.24) is 15.0 Å². The molecule has 1 atom stereocenters. The molecule has 3 aromatic rings. The zero-order valence-corrected chi connectivity index (χ0v) is 16.4. The Morgan fingerprint density at radius 3 is 2.90 bits per heavy atom. The van der Waals surface area contributed by atoms with Crippen molar-refractivity contribution in [2.75, 3.05) is 18.5 Å². The second kappa shape index (κ2) is 8.39. The van der Waals surface area contributed by atoms with Gasteiger partial charge in [-0.3, -0.25) is 14.6 Å². The van der Waals surface area contributed by atoms with E-state index in [1.54, 1.807) is 31.5 Å². The number of nitrogens with zero attached hydrogens (tertiary/aromatic N) is 2. The molecule has 2 heterocycles. The van der Waals surface area contributed by atoms with Gasteiger partial charge in [0.2, 0.25) is 0 Å². The molecule has 0 radical (unpaired) electrons. The number of hydrogen-bond acceptors (Lipinski definition) is 6. The second-order valence-corrected chi connectivity index (χ2v) is 7.40. The summed E-state index contributed by atoms with van der Waals surface area (Å²) in [5, 5.41) is 22.1. The van der Waals surface area contributed by atoms with Crippen molar-refractivity contribution in [1.29, 1.82) is 0 Å². The third kappa shape index (κ3) is 4.00. The molecule has 1 saturated carbocycles. The molecule has 1 aliphatic rings. The van der Waals surface area contributed by atoms with Gasteiger partial charge in [0, 0.05) is 23.8 Å². The maximum atomic E-state index is 14.5. The largest absolute Gasteiger partial charge is 0.394 e. The normalized spacial score (nSPS) is 14.7. The van der Waals surface area contributed by atoms with Gasteiger partial charge in [0.1, 0.15) is 24.2 Å². The lowest BCUT2D eigenvalue weighted by molar-refractivity contribution is -0.0297. The molecule has 1 amide bonds. The number of aromatic nitrogens is 2. The highest BCUT2D eigenvalue weighted by molar-refractivity contribution is 6.09. The first-order chi connectivity index (χ1) is 14.5. The standard InChI is InChI=1S/C21H23FN4O4/c1-12-2-5-17(16(22)8-12)24-19-15-9-23-7-6-18(15)26(13-3-4-13)20(19)21(29)25-30-11-14(28)10-27/h2,5-9,13-14,24,27-28H,3-4,10-11H2,1H3,(H,25,29). The van der Waals surface area contributed by atoms with E-state index >= 15 is 0 Å². The number of rotatable bonds is 8. The number of carbonyl (C=O) groups excluding carboxylic acids is 1. The second-order valence-electron chi connectivity index (χ2n) is 7.40. The Bertz CT molecular complexity index is 1080. The Balaban J connectivity index is 1.75. The number of hydroxylamine groups is 1. The molecule has 30 heavy (non-hydrogen) atoms. The van der Waals surface area contributed by atoms with E-state index in [2.05, 4.69) is 15.8 Å². The van der Waals surface area contributed by atoms with E-state index < -0.39 is 24.4 Å². The molecule has 0 saturated heterocycles. The lowest BCUT2D eigenvalue weighted by atomic mass is 10.2. The van der Waals surface area contributed by atoms with E-state index in [0.717, 1.165) is 23.9 Å². The summed E-state index contributed by atoms with van der Waals surface area (Å²) >= 11 is 0. The number of anilines is 2. The van der Waals surface area contributed by atoms with Crippen LogP contribution < -0.4 is 10.8 Å². The lowest BCUT2D eigenvalue weighted by Crippen LogP contribution is -2.31. The van der Waals surface area contributed by atoms with Gasteiger partial charge >= 0.3 is 0 Å². The molecule has 4 rings (SSSR count). The van der Waals surface area contributed by atoms with Gasteiger partial charge in [0.05, 0.1) is 23.5 Å². The first-order valence-corrected chi connectivity index (χ1v) is 9.71. The summed E-state index contributed by atoms with van der Waals surface area (Å²) in [6.07, 6.45) is 4.02. The predicted molar refractivity (Wildman–Crippen MR) is 109 cm³/mol. The van der Waals surface area contributed by atoms with Crippen LogP contribution in [0.2, 0.25) is 0 Å². The molecule has 2 aromatic heterocycles. The maximum absolute atomic E-state index is 14.5. The third-order valence-electron chi connectivity index (χ3n) is 4.97. The van der Waals surface area contributed by atoms with Gasteiger partial charge in [-0.15, -0.1) is 0 Å². The maximum Gasteiger partial charge on any atom is 0.293 e. The molecule has 158 valence electrons. The summed E-state index contributed by atoms with van der Waals surface area (Å²) in [5.74, 6) is -0.974. The Morgan fingerprint density at radius 1 is 1.40 bits per heavy atom. The molecular weight excluding hydrogens is 391 g/mol. The number of pyridine rings is 1. The Kier molecular flexibility index (Phi) is 5.67. The molecule has 0 bridgehead atoms. The van der Waals surface area contributed by atoms with Gasteiger partial charge in [-0.05, 0) is 43.5 Å². The Hall–Kier alpha value is -3.01. The highest BCUT2D eigenvalue weighted by Crippen LogP contribution is 2.43. The van der Waals surface area contributed by atoms with Gasteiger partial charge in [-0.25, -0.2) is 9.87 Å². The molecule has 9 heteroatoms. The SMILES string of the molecule is Cc1ccc(Nc2c(C(=O)NOCC(O)CO)n(C3CC3)c3ccncc23)c(F)c1. The number of benzene rings is 1. The fraction of sp³-hybridized carbons (Fsp3) is 0.333. The van der Waals surface area contributed by atoms with E-state index in [1.807, 2.05) is 10.6 Å². The number of aryl methyl sites for hydroxylation is 1. The fourth-order valence-corrected chi connectivity index (χ4v) is 3.38. The van der Waals surface area contributed by atoms with Gasteiger partial charge < -0.3 is 20.1 Å². The van der Waals surface area contributed by atoms with Crippen molar-refractivity contribution in [2.24, 2.45) is 0 Å². The molecule has 4 N–H and O–H groups in total.